The van der Waals surface area contributed by atoms with Gasteiger partial charge in [0.2, 0.25) is 11.8 Å². The van der Waals surface area contributed by atoms with Crippen molar-refractivity contribution in [2.45, 2.75) is 13.5 Å². The Morgan fingerprint density at radius 1 is 1.00 bits per heavy atom. The maximum absolute atomic E-state index is 12.8. The van der Waals surface area contributed by atoms with Crippen molar-refractivity contribution < 1.29 is 9.59 Å². The van der Waals surface area contributed by atoms with Crippen LogP contribution in [0.3, 0.4) is 0 Å². The van der Waals surface area contributed by atoms with Crippen LogP contribution in [-0.4, -0.2) is 31.2 Å². The Morgan fingerprint density at radius 3 is 2.29 bits per heavy atom. The van der Waals surface area contributed by atoms with Crippen molar-refractivity contribution >= 4 is 44.6 Å². The zero-order valence-corrected chi connectivity index (χ0v) is 18.0. The summed E-state index contributed by atoms with van der Waals surface area (Å²) in [6.07, 6.45) is 1.40. The van der Waals surface area contributed by atoms with Gasteiger partial charge in [0.15, 0.2) is 0 Å². The first-order valence-corrected chi connectivity index (χ1v) is 10.1. The number of nitrogens with one attached hydrogen (secondary N) is 2. The molecule has 2 N–H and O–H groups in total. The molecule has 9 nitrogen and oxygen atoms in total. The third-order valence-corrected chi connectivity index (χ3v) is 4.94. The van der Waals surface area contributed by atoms with Gasteiger partial charge in [-0.2, -0.15) is 10.2 Å². The highest BCUT2D eigenvalue weighted by Gasteiger charge is 2.12. The molecule has 0 aliphatic carbocycles. The Balaban J connectivity index is 1.51. The minimum absolute atomic E-state index is 0.180. The number of hydrogen-bond donors (Lipinski definition) is 2. The molecule has 0 spiro atoms. The van der Waals surface area contributed by atoms with Crippen LogP contribution in [0.25, 0.3) is 16.8 Å². The maximum Gasteiger partial charge on any atom is 0.293 e. The fourth-order valence-corrected chi connectivity index (χ4v) is 3.25. The van der Waals surface area contributed by atoms with Crippen LogP contribution in [0.4, 0.5) is 11.4 Å². The summed E-state index contributed by atoms with van der Waals surface area (Å²) >= 11 is 3.39. The molecule has 0 aliphatic heterocycles. The Hall–Kier alpha value is -3.79. The van der Waals surface area contributed by atoms with Crippen LogP contribution < -0.4 is 16.2 Å². The predicted molar refractivity (Wildman–Crippen MR) is 120 cm³/mol. The minimum atomic E-state index is -0.422. The van der Waals surface area contributed by atoms with Crippen molar-refractivity contribution in [2.75, 3.05) is 10.6 Å². The molecule has 0 aliphatic rings. The molecule has 0 bridgehead atoms. The van der Waals surface area contributed by atoms with E-state index in [0.717, 1.165) is 14.7 Å². The summed E-state index contributed by atoms with van der Waals surface area (Å²) < 4.78 is 3.43. The molecule has 156 valence electrons. The van der Waals surface area contributed by atoms with E-state index in [1.54, 1.807) is 30.3 Å². The topological polar surface area (TPSA) is 110 Å². The zero-order chi connectivity index (χ0) is 22.0. The van der Waals surface area contributed by atoms with E-state index in [2.05, 4.69) is 36.8 Å². The number of aromatic nitrogens is 4. The number of halogens is 1. The number of amides is 2. The first-order valence-electron chi connectivity index (χ1n) is 9.28. The van der Waals surface area contributed by atoms with E-state index in [0.29, 0.717) is 22.6 Å². The number of fused-ring (bicyclic) bond motifs is 1. The van der Waals surface area contributed by atoms with E-state index in [1.165, 1.54) is 17.8 Å². The number of rotatable bonds is 5. The van der Waals surface area contributed by atoms with Crippen LogP contribution in [0.15, 0.2) is 70.2 Å². The Morgan fingerprint density at radius 2 is 1.65 bits per heavy atom. The number of benzene rings is 2. The van der Waals surface area contributed by atoms with Gasteiger partial charge in [0.05, 0.1) is 5.69 Å². The molecular weight excluding hydrogens is 464 g/mol. The van der Waals surface area contributed by atoms with Gasteiger partial charge in [-0.25, -0.2) is 9.20 Å². The van der Waals surface area contributed by atoms with Gasteiger partial charge in [0, 0.05) is 28.3 Å². The van der Waals surface area contributed by atoms with Crippen molar-refractivity contribution in [2.24, 2.45) is 0 Å². The van der Waals surface area contributed by atoms with Crippen molar-refractivity contribution in [3.63, 3.8) is 0 Å². The molecule has 0 fully saturated rings. The van der Waals surface area contributed by atoms with E-state index < -0.39 is 11.5 Å². The number of carbonyl (C=O) groups excluding carboxylic acids is 2. The zero-order valence-electron chi connectivity index (χ0n) is 16.4. The lowest BCUT2D eigenvalue weighted by Crippen LogP contribution is -2.30. The first kappa shape index (κ1) is 20.5. The summed E-state index contributed by atoms with van der Waals surface area (Å²) in [5.74, 6) is -0.584. The summed E-state index contributed by atoms with van der Waals surface area (Å²) in [5.41, 5.74) is 2.55. The van der Waals surface area contributed by atoms with Crippen molar-refractivity contribution in [3.05, 3.63) is 75.8 Å². The van der Waals surface area contributed by atoms with Gasteiger partial charge in [-0.05, 0) is 42.5 Å². The minimum Gasteiger partial charge on any atom is -0.326 e. The van der Waals surface area contributed by atoms with Gasteiger partial charge < -0.3 is 10.6 Å². The van der Waals surface area contributed by atoms with Crippen LogP contribution in [0.5, 0.6) is 0 Å². The van der Waals surface area contributed by atoms with E-state index >= 15 is 0 Å². The Kier molecular flexibility index (Phi) is 5.63. The molecule has 2 aromatic carbocycles. The number of anilines is 2. The van der Waals surface area contributed by atoms with Crippen LogP contribution in [0, 0.1) is 0 Å². The van der Waals surface area contributed by atoms with E-state index in [9.17, 15) is 14.4 Å². The highest BCUT2D eigenvalue weighted by molar-refractivity contribution is 9.10. The van der Waals surface area contributed by atoms with E-state index in [-0.39, 0.29) is 12.5 Å². The molecule has 2 heterocycles. The van der Waals surface area contributed by atoms with Crippen molar-refractivity contribution in [1.29, 1.82) is 0 Å². The summed E-state index contributed by atoms with van der Waals surface area (Å²) in [6.45, 7) is 1.17. The van der Waals surface area contributed by atoms with E-state index in [1.807, 2.05) is 24.3 Å². The largest absolute Gasteiger partial charge is 0.326 e. The summed E-state index contributed by atoms with van der Waals surface area (Å²) in [6, 6.07) is 15.9. The second kappa shape index (κ2) is 8.52. The smallest absolute Gasteiger partial charge is 0.293 e. The lowest BCUT2D eigenvalue weighted by Gasteiger charge is -2.08. The highest BCUT2D eigenvalue weighted by Crippen LogP contribution is 2.21. The monoisotopic (exact) mass is 480 g/mol. The second-order valence-corrected chi connectivity index (χ2v) is 7.68. The Bertz CT molecular complexity index is 1330. The molecule has 2 aromatic heterocycles. The average molecular weight is 481 g/mol. The van der Waals surface area contributed by atoms with E-state index in [4.69, 9.17) is 0 Å². The van der Waals surface area contributed by atoms with Gasteiger partial charge >= 0.3 is 0 Å². The maximum atomic E-state index is 12.8. The molecule has 0 saturated heterocycles. The molecule has 4 aromatic rings. The number of nitrogens with zero attached hydrogens (tertiary/aromatic N) is 4. The molecule has 2 amide bonds. The molecule has 10 heteroatoms. The first-order chi connectivity index (χ1) is 14.9. The fourth-order valence-electron chi connectivity index (χ4n) is 2.99. The number of hydrogen-bond acceptors (Lipinski definition) is 5. The molecule has 4 rings (SSSR count). The summed E-state index contributed by atoms with van der Waals surface area (Å²) in [7, 11) is 0. The SMILES string of the molecule is CC(=O)Nc1ccc(NC(=O)Cn2ncn3nc(-c4ccc(Br)cc4)cc3c2=O)cc1. The van der Waals surface area contributed by atoms with Crippen molar-refractivity contribution in [3.8, 4) is 11.3 Å². The van der Waals surface area contributed by atoms with Gasteiger partial charge in [-0.3, -0.25) is 14.4 Å². The molecule has 0 saturated carbocycles. The van der Waals surface area contributed by atoms with Crippen molar-refractivity contribution in [1.82, 2.24) is 19.4 Å². The lowest BCUT2D eigenvalue weighted by molar-refractivity contribution is -0.117. The van der Waals surface area contributed by atoms with Crippen LogP contribution >= 0.6 is 15.9 Å². The van der Waals surface area contributed by atoms with Gasteiger partial charge in [0.25, 0.3) is 5.56 Å². The summed E-state index contributed by atoms with van der Waals surface area (Å²) in [5, 5.41) is 13.8. The third kappa shape index (κ3) is 4.69. The van der Waals surface area contributed by atoms with Gasteiger partial charge in [-0.1, -0.05) is 28.1 Å². The number of carbonyl (C=O) groups is 2. The molecule has 31 heavy (non-hydrogen) atoms. The second-order valence-electron chi connectivity index (χ2n) is 6.77. The summed E-state index contributed by atoms with van der Waals surface area (Å²) in [4.78, 5) is 36.2. The standard InChI is InChI=1S/C21H17BrN6O3/c1-13(29)24-16-6-8-17(9-7-16)25-20(30)11-27-21(31)19-10-18(26-28(19)12-23-27)14-2-4-15(22)5-3-14/h2-10,12H,11H2,1H3,(H,24,29)(H,25,30). The van der Waals surface area contributed by atoms with Gasteiger partial charge in [0.1, 0.15) is 18.4 Å². The molecular formula is C21H17BrN6O3. The van der Waals surface area contributed by atoms with Crippen LogP contribution in [-0.2, 0) is 16.1 Å². The predicted octanol–water partition coefficient (Wildman–Crippen LogP) is 2.92. The normalized spacial score (nSPS) is 10.8. The fraction of sp³-hybridized carbons (Fsp3) is 0.0952. The average Bonchev–Trinajstić information content (AvgIpc) is 3.17. The molecule has 0 unspecified atom stereocenters. The Labute approximate surface area is 184 Å². The quantitative estimate of drug-likeness (QED) is 0.456. The lowest BCUT2D eigenvalue weighted by atomic mass is 10.1. The highest BCUT2D eigenvalue weighted by atomic mass is 79.9. The third-order valence-electron chi connectivity index (χ3n) is 4.41. The van der Waals surface area contributed by atoms with Crippen LogP contribution in [0.1, 0.15) is 6.92 Å². The van der Waals surface area contributed by atoms with Crippen LogP contribution in [0.2, 0.25) is 0 Å². The van der Waals surface area contributed by atoms with Gasteiger partial charge in [-0.15, -0.1) is 0 Å². The molecule has 0 radical (unpaired) electrons. The molecule has 0 atom stereocenters.